The van der Waals surface area contributed by atoms with Crippen LogP contribution in [0.1, 0.15) is 26.2 Å². The predicted molar refractivity (Wildman–Crippen MR) is 68.8 cm³/mol. The van der Waals surface area contributed by atoms with Crippen molar-refractivity contribution in [1.82, 2.24) is 9.80 Å². The summed E-state index contributed by atoms with van der Waals surface area (Å²) in [6.45, 7) is 5.01. The Morgan fingerprint density at radius 1 is 1.38 bits per heavy atom. The number of carbonyl (C=O) groups excluding carboxylic acids is 1. The summed E-state index contributed by atoms with van der Waals surface area (Å²) in [5, 5.41) is 0. The minimum Gasteiger partial charge on any atom is -0.342 e. The van der Waals surface area contributed by atoms with Crippen LogP contribution in [0.2, 0.25) is 0 Å². The highest BCUT2D eigenvalue weighted by atomic mass is 35.5. The van der Waals surface area contributed by atoms with Crippen LogP contribution in [-0.2, 0) is 4.79 Å². The molecule has 1 saturated heterocycles. The van der Waals surface area contributed by atoms with Crippen LogP contribution in [0.25, 0.3) is 0 Å². The molecule has 1 unspecified atom stereocenters. The molecule has 1 amide bonds. The number of hydrogen-bond donors (Lipinski definition) is 1. The first kappa shape index (κ1) is 15.7. The zero-order valence-corrected chi connectivity index (χ0v) is 11.1. The van der Waals surface area contributed by atoms with Gasteiger partial charge in [-0.3, -0.25) is 9.69 Å². The molecule has 2 N–H and O–H groups in total. The Bertz CT molecular complexity index is 207. The van der Waals surface area contributed by atoms with E-state index in [-0.39, 0.29) is 24.4 Å². The Morgan fingerprint density at radius 2 is 1.94 bits per heavy atom. The highest BCUT2D eigenvalue weighted by Crippen LogP contribution is 2.09. The van der Waals surface area contributed by atoms with E-state index in [2.05, 4.69) is 0 Å². The fraction of sp³-hybridized carbons (Fsp3) is 0.909. The highest BCUT2D eigenvalue weighted by Gasteiger charge is 2.19. The van der Waals surface area contributed by atoms with Gasteiger partial charge in [-0.2, -0.15) is 0 Å². The highest BCUT2D eigenvalue weighted by molar-refractivity contribution is 5.85. The van der Waals surface area contributed by atoms with Crippen LogP contribution in [0.4, 0.5) is 0 Å². The van der Waals surface area contributed by atoms with Crippen LogP contribution in [0.5, 0.6) is 0 Å². The molecule has 16 heavy (non-hydrogen) atoms. The maximum absolute atomic E-state index is 11.9. The summed E-state index contributed by atoms with van der Waals surface area (Å²) in [6, 6.07) is 0.277. The van der Waals surface area contributed by atoms with Gasteiger partial charge in [-0.15, -0.1) is 12.4 Å². The molecule has 0 radical (unpaired) electrons. The molecule has 1 aliphatic rings. The van der Waals surface area contributed by atoms with Gasteiger partial charge in [-0.05, 0) is 33.2 Å². The second-order valence-electron chi connectivity index (χ2n) is 4.44. The van der Waals surface area contributed by atoms with E-state index in [0.29, 0.717) is 13.1 Å². The number of amides is 1. The maximum Gasteiger partial charge on any atom is 0.236 e. The van der Waals surface area contributed by atoms with E-state index in [9.17, 15) is 4.79 Å². The molecule has 0 saturated carbocycles. The minimum absolute atomic E-state index is 0. The first-order chi connectivity index (χ1) is 7.15. The molecule has 1 heterocycles. The molecule has 0 aromatic rings. The number of likely N-dealkylation sites (N-methyl/N-ethyl adjacent to an activating group) is 1. The number of nitrogens with zero attached hydrogens (tertiary/aromatic N) is 2. The number of halogens is 1. The molecular formula is C11H24ClN3O. The van der Waals surface area contributed by atoms with Gasteiger partial charge in [0, 0.05) is 25.7 Å². The fourth-order valence-electron chi connectivity index (χ4n) is 1.79. The standard InChI is InChI=1S/C11H23N3O.ClH/c1-10(8-12)13(2)9-11(15)14-6-4-3-5-7-14;/h10H,3-9,12H2,1-2H3;1H. The molecule has 96 valence electrons. The second-order valence-corrected chi connectivity index (χ2v) is 4.44. The largest absolute Gasteiger partial charge is 0.342 e. The van der Waals surface area contributed by atoms with E-state index in [1.807, 2.05) is 23.8 Å². The lowest BCUT2D eigenvalue weighted by Gasteiger charge is -2.30. The lowest BCUT2D eigenvalue weighted by atomic mass is 10.1. The smallest absolute Gasteiger partial charge is 0.236 e. The Hall–Kier alpha value is -0.320. The van der Waals surface area contributed by atoms with Gasteiger partial charge in [0.05, 0.1) is 6.54 Å². The zero-order chi connectivity index (χ0) is 11.3. The van der Waals surface area contributed by atoms with Gasteiger partial charge in [0.1, 0.15) is 0 Å². The summed E-state index contributed by atoms with van der Waals surface area (Å²) in [5.41, 5.74) is 5.56. The van der Waals surface area contributed by atoms with Crippen LogP contribution in [-0.4, -0.2) is 55.0 Å². The van der Waals surface area contributed by atoms with Crippen molar-refractivity contribution in [2.45, 2.75) is 32.2 Å². The molecule has 0 aromatic heterocycles. The van der Waals surface area contributed by atoms with Gasteiger partial charge in [0.25, 0.3) is 0 Å². The Morgan fingerprint density at radius 3 is 2.44 bits per heavy atom. The topological polar surface area (TPSA) is 49.6 Å². The van der Waals surface area contributed by atoms with Crippen molar-refractivity contribution in [3.63, 3.8) is 0 Å². The van der Waals surface area contributed by atoms with E-state index >= 15 is 0 Å². The predicted octanol–water partition coefficient (Wildman–Crippen LogP) is 0.700. The van der Waals surface area contributed by atoms with Gasteiger partial charge in [0.15, 0.2) is 0 Å². The molecule has 0 aliphatic carbocycles. The zero-order valence-electron chi connectivity index (χ0n) is 10.3. The molecular weight excluding hydrogens is 226 g/mol. The van der Waals surface area contributed by atoms with Gasteiger partial charge >= 0.3 is 0 Å². The van der Waals surface area contributed by atoms with Crippen LogP contribution in [0.3, 0.4) is 0 Å². The number of hydrogen-bond acceptors (Lipinski definition) is 3. The van der Waals surface area contributed by atoms with E-state index < -0.39 is 0 Å². The summed E-state index contributed by atoms with van der Waals surface area (Å²) < 4.78 is 0. The number of carbonyl (C=O) groups is 1. The summed E-state index contributed by atoms with van der Waals surface area (Å²) >= 11 is 0. The summed E-state index contributed by atoms with van der Waals surface area (Å²) in [5.74, 6) is 0.248. The van der Waals surface area contributed by atoms with Crippen LogP contribution in [0.15, 0.2) is 0 Å². The Balaban J connectivity index is 0.00000225. The van der Waals surface area contributed by atoms with Crippen molar-refractivity contribution < 1.29 is 4.79 Å². The first-order valence-electron chi connectivity index (χ1n) is 5.83. The summed E-state index contributed by atoms with van der Waals surface area (Å²) in [6.07, 6.45) is 3.57. The Labute approximate surface area is 105 Å². The van der Waals surface area contributed by atoms with Crippen molar-refractivity contribution in [1.29, 1.82) is 0 Å². The minimum atomic E-state index is 0. The second kappa shape index (κ2) is 7.87. The molecule has 0 aromatic carbocycles. The molecule has 1 aliphatic heterocycles. The van der Waals surface area contributed by atoms with Crippen LogP contribution in [0, 0.1) is 0 Å². The molecule has 5 heteroatoms. The lowest BCUT2D eigenvalue weighted by Crippen LogP contribution is -2.45. The molecule has 0 bridgehead atoms. The normalized spacial score (nSPS) is 18.1. The molecule has 1 rings (SSSR count). The van der Waals surface area contributed by atoms with E-state index in [1.165, 1.54) is 6.42 Å². The average Bonchev–Trinajstić information content (AvgIpc) is 2.29. The molecule has 1 fully saturated rings. The van der Waals surface area contributed by atoms with Crippen LogP contribution < -0.4 is 5.73 Å². The number of likely N-dealkylation sites (tertiary alicyclic amines) is 1. The SMILES string of the molecule is CC(CN)N(C)CC(=O)N1CCCCC1.Cl. The van der Waals surface area contributed by atoms with Gasteiger partial charge < -0.3 is 10.6 Å². The van der Waals surface area contributed by atoms with Crippen LogP contribution >= 0.6 is 12.4 Å². The first-order valence-corrected chi connectivity index (χ1v) is 5.83. The van der Waals surface area contributed by atoms with Crippen molar-refractivity contribution >= 4 is 18.3 Å². The van der Waals surface area contributed by atoms with Gasteiger partial charge in [-0.1, -0.05) is 0 Å². The monoisotopic (exact) mass is 249 g/mol. The Kier molecular flexibility index (Phi) is 7.72. The van der Waals surface area contributed by atoms with Crippen molar-refractivity contribution in [2.75, 3.05) is 33.2 Å². The molecule has 0 spiro atoms. The lowest BCUT2D eigenvalue weighted by molar-refractivity contribution is -0.133. The number of nitrogens with two attached hydrogens (primary N) is 1. The quantitative estimate of drug-likeness (QED) is 0.798. The van der Waals surface area contributed by atoms with E-state index in [1.54, 1.807) is 0 Å². The van der Waals surface area contributed by atoms with Crippen molar-refractivity contribution in [2.24, 2.45) is 5.73 Å². The van der Waals surface area contributed by atoms with E-state index in [0.717, 1.165) is 25.9 Å². The van der Waals surface area contributed by atoms with Gasteiger partial charge in [0.2, 0.25) is 5.91 Å². The molecule has 4 nitrogen and oxygen atoms in total. The number of piperidine rings is 1. The third-order valence-electron chi connectivity index (χ3n) is 3.19. The van der Waals surface area contributed by atoms with Crippen molar-refractivity contribution in [3.05, 3.63) is 0 Å². The maximum atomic E-state index is 11.9. The number of rotatable bonds is 4. The summed E-state index contributed by atoms with van der Waals surface area (Å²) in [7, 11) is 1.96. The third kappa shape index (κ3) is 4.68. The average molecular weight is 250 g/mol. The summed E-state index contributed by atoms with van der Waals surface area (Å²) in [4.78, 5) is 15.9. The van der Waals surface area contributed by atoms with Gasteiger partial charge in [-0.25, -0.2) is 0 Å². The third-order valence-corrected chi connectivity index (χ3v) is 3.19. The van der Waals surface area contributed by atoms with E-state index in [4.69, 9.17) is 5.73 Å². The molecule has 1 atom stereocenters. The van der Waals surface area contributed by atoms with Crippen molar-refractivity contribution in [3.8, 4) is 0 Å². The fourth-order valence-corrected chi connectivity index (χ4v) is 1.79.